The van der Waals surface area contributed by atoms with Crippen molar-refractivity contribution in [3.8, 4) is 0 Å². The number of unbranched alkanes of at least 4 members (excludes halogenated alkanes) is 2. The number of halogens is 4. The van der Waals surface area contributed by atoms with Crippen LogP contribution < -0.4 is 0 Å². The molecule has 2 saturated carbocycles. The Morgan fingerprint density at radius 1 is 0.676 bits per heavy atom. The molecule has 0 radical (unpaired) electrons. The molecule has 2 aromatic rings. The Morgan fingerprint density at radius 2 is 1.24 bits per heavy atom. The summed E-state index contributed by atoms with van der Waals surface area (Å²) >= 11 is 5.73. The molecule has 4 heteroatoms. The van der Waals surface area contributed by atoms with Crippen LogP contribution in [0.1, 0.15) is 119 Å². The molecule has 0 atom stereocenters. The van der Waals surface area contributed by atoms with Gasteiger partial charge in [-0.1, -0.05) is 88.8 Å². The van der Waals surface area contributed by atoms with Crippen molar-refractivity contribution in [3.05, 3.63) is 69.5 Å². The lowest BCUT2D eigenvalue weighted by atomic mass is 9.74. The highest BCUT2D eigenvalue weighted by atomic mass is 35.5. The quantitative estimate of drug-likeness (QED) is 0.252. The van der Waals surface area contributed by atoms with E-state index < -0.39 is 17.5 Å². The van der Waals surface area contributed by atoms with Crippen LogP contribution in [0.25, 0.3) is 0 Å². The zero-order valence-corrected chi connectivity index (χ0v) is 23.3. The summed E-state index contributed by atoms with van der Waals surface area (Å²) in [5, 5.41) is 0.0560. The highest BCUT2D eigenvalue weighted by Crippen LogP contribution is 2.41. The molecule has 0 nitrogen and oxygen atoms in total. The maximum absolute atomic E-state index is 14.9. The van der Waals surface area contributed by atoms with E-state index in [0.717, 1.165) is 36.2 Å². The fourth-order valence-corrected chi connectivity index (χ4v) is 6.93. The second kappa shape index (κ2) is 14.1. The summed E-state index contributed by atoms with van der Waals surface area (Å²) < 4.78 is 43.5. The molecule has 0 bridgehead atoms. The number of hydrogen-bond donors (Lipinski definition) is 0. The summed E-state index contributed by atoms with van der Waals surface area (Å²) in [6, 6.07) is 7.62. The first kappa shape index (κ1) is 28.5. The molecule has 0 saturated heterocycles. The van der Waals surface area contributed by atoms with Crippen LogP contribution in [0.15, 0.2) is 30.3 Å². The molecule has 37 heavy (non-hydrogen) atoms. The topological polar surface area (TPSA) is 0 Å². The predicted octanol–water partition coefficient (Wildman–Crippen LogP) is 11.0. The van der Waals surface area contributed by atoms with Gasteiger partial charge in [0.05, 0.1) is 5.02 Å². The van der Waals surface area contributed by atoms with Gasteiger partial charge in [0, 0.05) is 5.56 Å². The fraction of sp³-hybridized carbons (Fsp3) is 0.636. The Labute approximate surface area is 227 Å². The third kappa shape index (κ3) is 8.25. The van der Waals surface area contributed by atoms with E-state index in [1.165, 1.54) is 89.2 Å². The first-order chi connectivity index (χ1) is 17.9. The van der Waals surface area contributed by atoms with E-state index in [4.69, 9.17) is 11.6 Å². The lowest BCUT2D eigenvalue weighted by Gasteiger charge is -2.32. The van der Waals surface area contributed by atoms with Crippen LogP contribution >= 0.6 is 11.6 Å². The highest BCUT2D eigenvalue weighted by Gasteiger charge is 2.26. The minimum atomic E-state index is -0.503. The third-order valence-electron chi connectivity index (χ3n) is 9.29. The van der Waals surface area contributed by atoms with Gasteiger partial charge < -0.3 is 0 Å². The fourth-order valence-electron chi connectivity index (χ4n) is 6.81. The Hall–Kier alpha value is -1.48. The lowest BCUT2D eigenvalue weighted by molar-refractivity contribution is 0.222. The number of hydrogen-bond acceptors (Lipinski definition) is 0. The molecular formula is C33H44ClF3. The summed E-state index contributed by atoms with van der Waals surface area (Å²) in [5.41, 5.74) is 1.58. The normalized spacial score (nSPS) is 24.4. The van der Waals surface area contributed by atoms with Gasteiger partial charge in [0.25, 0.3) is 0 Å². The van der Waals surface area contributed by atoms with Crippen LogP contribution in [0.4, 0.5) is 13.2 Å². The second-order valence-corrected chi connectivity index (χ2v) is 12.3. The molecule has 0 aliphatic heterocycles. The minimum absolute atomic E-state index is 0.0560. The zero-order valence-electron chi connectivity index (χ0n) is 22.5. The van der Waals surface area contributed by atoms with Gasteiger partial charge in [-0.2, -0.15) is 0 Å². The van der Waals surface area contributed by atoms with Crippen LogP contribution in [-0.4, -0.2) is 0 Å². The zero-order chi connectivity index (χ0) is 26.2. The molecule has 0 spiro atoms. The molecule has 0 N–H and O–H groups in total. The SMILES string of the molecule is CCCCCC1CCC(CCC2CCC(c3cc(F)c(CCc4ccc(Cl)c(F)c4)c(F)c3)CC2)CC1. The molecule has 0 unspecified atom stereocenters. The van der Waals surface area contributed by atoms with E-state index in [-0.39, 0.29) is 22.9 Å². The maximum atomic E-state index is 14.9. The van der Waals surface area contributed by atoms with Crippen molar-refractivity contribution in [1.82, 2.24) is 0 Å². The summed E-state index contributed by atoms with van der Waals surface area (Å²) in [6.07, 6.45) is 18.9. The van der Waals surface area contributed by atoms with E-state index in [0.29, 0.717) is 12.0 Å². The van der Waals surface area contributed by atoms with Crippen LogP contribution in [-0.2, 0) is 12.8 Å². The van der Waals surface area contributed by atoms with Crippen molar-refractivity contribution in [3.63, 3.8) is 0 Å². The Morgan fingerprint density at radius 3 is 1.81 bits per heavy atom. The third-order valence-corrected chi connectivity index (χ3v) is 9.60. The van der Waals surface area contributed by atoms with Gasteiger partial charge in [-0.25, -0.2) is 13.2 Å². The van der Waals surface area contributed by atoms with Crippen molar-refractivity contribution >= 4 is 11.6 Å². The highest BCUT2D eigenvalue weighted by molar-refractivity contribution is 6.30. The predicted molar refractivity (Wildman–Crippen MR) is 149 cm³/mol. The van der Waals surface area contributed by atoms with E-state index >= 15 is 0 Å². The smallest absolute Gasteiger partial charge is 0.142 e. The standard InChI is InChI=1S/C33H44ClF3/c1-2-3-4-5-23-6-8-24(9-7-23)10-11-25-12-16-27(17-13-25)28-21-31(35)29(32(36)22-28)18-14-26-15-19-30(34)33(37)20-26/h15,19-25,27H,2-14,16-18H2,1H3. The first-order valence-electron chi connectivity index (χ1n) is 14.8. The molecule has 2 fully saturated rings. The summed E-state index contributed by atoms with van der Waals surface area (Å²) in [7, 11) is 0. The van der Waals surface area contributed by atoms with Crippen molar-refractivity contribution in [2.24, 2.45) is 17.8 Å². The molecule has 2 aliphatic rings. The van der Waals surface area contributed by atoms with Gasteiger partial charge in [-0.05, 0) is 97.6 Å². The lowest BCUT2D eigenvalue weighted by Crippen LogP contribution is -2.18. The van der Waals surface area contributed by atoms with Gasteiger partial charge in [0.1, 0.15) is 17.5 Å². The number of benzene rings is 2. The van der Waals surface area contributed by atoms with Crippen LogP contribution in [0.2, 0.25) is 5.02 Å². The van der Waals surface area contributed by atoms with Crippen molar-refractivity contribution < 1.29 is 13.2 Å². The Kier molecular flexibility index (Phi) is 10.8. The summed E-state index contributed by atoms with van der Waals surface area (Å²) in [5.74, 6) is 1.46. The first-order valence-corrected chi connectivity index (χ1v) is 15.2. The average Bonchev–Trinajstić information content (AvgIpc) is 2.90. The summed E-state index contributed by atoms with van der Waals surface area (Å²) in [4.78, 5) is 0. The van der Waals surface area contributed by atoms with Crippen molar-refractivity contribution in [2.75, 3.05) is 0 Å². The number of rotatable bonds is 11. The number of aryl methyl sites for hydroxylation is 1. The molecule has 2 aromatic carbocycles. The van der Waals surface area contributed by atoms with Gasteiger partial charge in [-0.3, -0.25) is 0 Å². The monoisotopic (exact) mass is 532 g/mol. The van der Waals surface area contributed by atoms with Gasteiger partial charge in [0.15, 0.2) is 0 Å². The Balaban J connectivity index is 1.20. The van der Waals surface area contributed by atoms with E-state index in [1.54, 1.807) is 18.2 Å². The summed E-state index contributed by atoms with van der Waals surface area (Å²) in [6.45, 7) is 2.28. The largest absolute Gasteiger partial charge is 0.207 e. The van der Waals surface area contributed by atoms with Crippen molar-refractivity contribution in [2.45, 2.75) is 116 Å². The van der Waals surface area contributed by atoms with Crippen molar-refractivity contribution in [1.29, 1.82) is 0 Å². The Bertz CT molecular complexity index is 964. The molecule has 2 aliphatic carbocycles. The van der Waals surface area contributed by atoms with Gasteiger partial charge in [0.2, 0.25) is 0 Å². The molecule has 4 rings (SSSR count). The van der Waals surface area contributed by atoms with Crippen LogP contribution in [0, 0.1) is 35.2 Å². The van der Waals surface area contributed by atoms with E-state index in [9.17, 15) is 13.2 Å². The minimum Gasteiger partial charge on any atom is -0.207 e. The molecular weight excluding hydrogens is 489 g/mol. The van der Waals surface area contributed by atoms with Gasteiger partial charge in [-0.15, -0.1) is 0 Å². The molecule has 0 amide bonds. The molecule has 0 heterocycles. The maximum Gasteiger partial charge on any atom is 0.142 e. The molecule has 0 aromatic heterocycles. The average molecular weight is 533 g/mol. The van der Waals surface area contributed by atoms with Crippen LogP contribution in [0.5, 0.6) is 0 Å². The van der Waals surface area contributed by atoms with E-state index in [1.807, 2.05) is 0 Å². The molecule has 204 valence electrons. The van der Waals surface area contributed by atoms with Crippen LogP contribution in [0.3, 0.4) is 0 Å². The van der Waals surface area contributed by atoms with Gasteiger partial charge >= 0.3 is 0 Å². The van der Waals surface area contributed by atoms with E-state index in [2.05, 4.69) is 6.92 Å². The second-order valence-electron chi connectivity index (χ2n) is 11.9.